The fourth-order valence-electron chi connectivity index (χ4n) is 4.07. The number of carbonyl (C=O) groups excluding carboxylic acids is 1. The third-order valence-corrected chi connectivity index (χ3v) is 5.80. The van der Waals surface area contributed by atoms with Crippen molar-refractivity contribution in [1.82, 2.24) is 4.90 Å². The topological polar surface area (TPSA) is 64.2 Å². The summed E-state index contributed by atoms with van der Waals surface area (Å²) in [6.45, 7) is 5.48. The Bertz CT molecular complexity index is 1220. The van der Waals surface area contributed by atoms with Gasteiger partial charge in [-0.1, -0.05) is 36.4 Å². The average Bonchev–Trinajstić information content (AvgIpc) is 3.05. The van der Waals surface area contributed by atoms with Crippen LogP contribution in [0.25, 0.3) is 11.0 Å². The van der Waals surface area contributed by atoms with Gasteiger partial charge in [0.1, 0.15) is 17.9 Å². The lowest BCUT2D eigenvalue weighted by atomic mass is 9.98. The Labute approximate surface area is 191 Å². The number of nitrogens with zero attached hydrogens (tertiary/aromatic N) is 1. The zero-order valence-corrected chi connectivity index (χ0v) is 18.9. The highest BCUT2D eigenvalue weighted by atomic mass is 35.5. The molecule has 1 atom stereocenters. The number of quaternary nitrogens is 1. The van der Waals surface area contributed by atoms with E-state index >= 15 is 0 Å². The van der Waals surface area contributed by atoms with Crippen molar-refractivity contribution in [2.24, 2.45) is 0 Å². The first-order valence-corrected chi connectivity index (χ1v) is 11.0. The van der Waals surface area contributed by atoms with Crippen LogP contribution in [0.2, 0.25) is 5.02 Å². The fourth-order valence-corrected chi connectivity index (χ4v) is 4.25. The molecule has 3 aromatic rings. The number of benzene rings is 2. The van der Waals surface area contributed by atoms with Crippen molar-refractivity contribution in [3.63, 3.8) is 0 Å². The largest absolute Gasteiger partial charge is 0.490 e. The maximum atomic E-state index is 13.5. The molecule has 6 nitrogen and oxygen atoms in total. The Morgan fingerprint density at radius 1 is 1.19 bits per heavy atom. The summed E-state index contributed by atoms with van der Waals surface area (Å²) in [6, 6.07) is 11.8. The summed E-state index contributed by atoms with van der Waals surface area (Å²) >= 11 is 6.13. The van der Waals surface area contributed by atoms with E-state index in [-0.39, 0.29) is 17.1 Å². The number of amides is 1. The van der Waals surface area contributed by atoms with Crippen molar-refractivity contribution < 1.29 is 18.8 Å². The van der Waals surface area contributed by atoms with Crippen LogP contribution >= 0.6 is 11.6 Å². The van der Waals surface area contributed by atoms with Crippen LogP contribution in [0.4, 0.5) is 0 Å². The monoisotopic (exact) mass is 453 g/mol. The molecule has 4 rings (SSSR count). The second-order valence-electron chi connectivity index (χ2n) is 8.19. The van der Waals surface area contributed by atoms with Crippen molar-refractivity contribution in [1.29, 1.82) is 0 Å². The number of hydrogen-bond acceptors (Lipinski definition) is 4. The van der Waals surface area contributed by atoms with E-state index in [1.165, 1.54) is 4.90 Å². The summed E-state index contributed by atoms with van der Waals surface area (Å²) in [5.41, 5.74) is 1.32. The standard InChI is InChI=1S/C25H25ClN2O4/c1-4-14-31-18-9-6-16(7-10-18)22-21-23(29)19-15-17(26)8-11-20(19)32-24(21)25(30)28(22)13-5-12-27(2)3/h4,6-11,15,22H,1,5,12-14H2,2-3H3/p+1. The van der Waals surface area contributed by atoms with E-state index in [1.54, 1.807) is 29.2 Å². The second-order valence-corrected chi connectivity index (χ2v) is 8.63. The summed E-state index contributed by atoms with van der Waals surface area (Å²) in [5.74, 6) is 0.539. The number of rotatable bonds is 8. The summed E-state index contributed by atoms with van der Waals surface area (Å²) < 4.78 is 11.5. The van der Waals surface area contributed by atoms with Gasteiger partial charge in [-0.05, 0) is 35.9 Å². The van der Waals surface area contributed by atoms with E-state index in [4.69, 9.17) is 20.8 Å². The van der Waals surface area contributed by atoms with Gasteiger partial charge in [-0.25, -0.2) is 0 Å². The molecule has 1 amide bonds. The molecule has 0 bridgehead atoms. The molecule has 1 N–H and O–H groups in total. The second kappa shape index (κ2) is 9.18. The molecule has 1 unspecified atom stereocenters. The Hall–Kier alpha value is -3.09. The van der Waals surface area contributed by atoms with Crippen molar-refractivity contribution in [3.8, 4) is 5.75 Å². The number of nitrogens with one attached hydrogen (secondary N) is 1. The fraction of sp³-hybridized carbons (Fsp3) is 0.280. The molecule has 0 radical (unpaired) electrons. The van der Waals surface area contributed by atoms with Gasteiger partial charge < -0.3 is 19.0 Å². The maximum Gasteiger partial charge on any atom is 0.290 e. The number of fused-ring (bicyclic) bond motifs is 2. The zero-order valence-electron chi connectivity index (χ0n) is 18.2. The molecule has 0 saturated carbocycles. The summed E-state index contributed by atoms with van der Waals surface area (Å²) in [4.78, 5) is 29.9. The van der Waals surface area contributed by atoms with Gasteiger partial charge in [-0.2, -0.15) is 0 Å². The lowest BCUT2D eigenvalue weighted by Crippen LogP contribution is -3.05. The molecule has 7 heteroatoms. The Morgan fingerprint density at radius 2 is 1.94 bits per heavy atom. The third kappa shape index (κ3) is 4.16. The molecular formula is C25H26ClN2O4+. The van der Waals surface area contributed by atoms with Gasteiger partial charge in [0.15, 0.2) is 5.43 Å². The van der Waals surface area contributed by atoms with E-state index in [1.807, 2.05) is 24.3 Å². The van der Waals surface area contributed by atoms with Gasteiger partial charge in [0.05, 0.1) is 37.6 Å². The number of carbonyl (C=O) groups is 1. The minimum atomic E-state index is -0.525. The average molecular weight is 454 g/mol. The summed E-state index contributed by atoms with van der Waals surface area (Å²) in [5, 5.41) is 0.819. The number of halogens is 1. The van der Waals surface area contributed by atoms with Gasteiger partial charge in [-0.15, -0.1) is 0 Å². The maximum absolute atomic E-state index is 13.5. The van der Waals surface area contributed by atoms with Gasteiger partial charge in [0, 0.05) is 18.0 Å². The Balaban J connectivity index is 1.81. The molecule has 1 aliphatic heterocycles. The van der Waals surface area contributed by atoms with Crippen LogP contribution in [0.5, 0.6) is 5.75 Å². The molecule has 1 aromatic heterocycles. The minimum Gasteiger partial charge on any atom is -0.490 e. The molecule has 166 valence electrons. The molecule has 0 spiro atoms. The normalized spacial score (nSPS) is 15.4. The molecule has 0 saturated heterocycles. The molecule has 2 aromatic carbocycles. The van der Waals surface area contributed by atoms with Crippen molar-refractivity contribution >= 4 is 28.5 Å². The van der Waals surface area contributed by atoms with E-state index in [0.717, 1.165) is 18.5 Å². The van der Waals surface area contributed by atoms with E-state index < -0.39 is 6.04 Å². The first-order valence-electron chi connectivity index (χ1n) is 10.6. The van der Waals surface area contributed by atoms with Gasteiger partial charge in [0.2, 0.25) is 5.76 Å². The van der Waals surface area contributed by atoms with Gasteiger partial charge >= 0.3 is 0 Å². The van der Waals surface area contributed by atoms with Crippen LogP contribution in [-0.2, 0) is 0 Å². The Morgan fingerprint density at radius 3 is 2.62 bits per heavy atom. The molecule has 1 aliphatic rings. The highest BCUT2D eigenvalue weighted by molar-refractivity contribution is 6.31. The summed E-state index contributed by atoms with van der Waals surface area (Å²) in [7, 11) is 4.14. The van der Waals surface area contributed by atoms with E-state index in [0.29, 0.717) is 40.5 Å². The van der Waals surface area contributed by atoms with Crippen LogP contribution in [0.15, 0.2) is 64.3 Å². The highest BCUT2D eigenvalue weighted by Crippen LogP contribution is 2.38. The molecule has 0 aliphatic carbocycles. The van der Waals surface area contributed by atoms with Crippen LogP contribution in [0.1, 0.15) is 34.1 Å². The van der Waals surface area contributed by atoms with Crippen molar-refractivity contribution in [2.75, 3.05) is 33.8 Å². The molecule has 2 heterocycles. The Kier molecular flexibility index (Phi) is 6.35. The molecular weight excluding hydrogens is 428 g/mol. The van der Waals surface area contributed by atoms with E-state index in [2.05, 4.69) is 20.7 Å². The zero-order chi connectivity index (χ0) is 22.8. The minimum absolute atomic E-state index is 0.110. The van der Waals surface area contributed by atoms with Crippen LogP contribution in [0, 0.1) is 0 Å². The number of ether oxygens (including phenoxy) is 1. The quantitative estimate of drug-likeness (QED) is 0.532. The SMILES string of the molecule is C=CCOc1ccc(C2c3c(oc4ccc(Cl)cc4c3=O)C(=O)N2CCC[NH+](C)C)cc1. The van der Waals surface area contributed by atoms with E-state index in [9.17, 15) is 9.59 Å². The lowest BCUT2D eigenvalue weighted by molar-refractivity contribution is -0.858. The van der Waals surface area contributed by atoms with Crippen LogP contribution < -0.4 is 15.1 Å². The van der Waals surface area contributed by atoms with Crippen LogP contribution in [0.3, 0.4) is 0 Å². The molecule has 32 heavy (non-hydrogen) atoms. The van der Waals surface area contributed by atoms with Crippen molar-refractivity contribution in [2.45, 2.75) is 12.5 Å². The molecule has 0 fully saturated rings. The van der Waals surface area contributed by atoms with Gasteiger partial charge in [0.25, 0.3) is 5.91 Å². The highest BCUT2D eigenvalue weighted by Gasteiger charge is 2.42. The predicted molar refractivity (Wildman–Crippen MR) is 125 cm³/mol. The van der Waals surface area contributed by atoms with Gasteiger partial charge in [-0.3, -0.25) is 9.59 Å². The third-order valence-electron chi connectivity index (χ3n) is 5.57. The first kappa shape index (κ1) is 22.1. The van der Waals surface area contributed by atoms with Crippen molar-refractivity contribution in [3.05, 3.63) is 87.3 Å². The lowest BCUT2D eigenvalue weighted by Gasteiger charge is -2.25. The first-order chi connectivity index (χ1) is 15.4. The smallest absolute Gasteiger partial charge is 0.290 e. The predicted octanol–water partition coefficient (Wildman–Crippen LogP) is 3.09. The summed E-state index contributed by atoms with van der Waals surface area (Å²) in [6.07, 6.45) is 2.48. The number of hydrogen-bond donors (Lipinski definition) is 1. The van der Waals surface area contributed by atoms with Crippen LogP contribution in [-0.4, -0.2) is 44.6 Å².